The largest absolute Gasteiger partial charge is 0.492 e. The van der Waals surface area contributed by atoms with Gasteiger partial charge in [-0.3, -0.25) is 19.0 Å². The van der Waals surface area contributed by atoms with E-state index in [1.807, 2.05) is 44.2 Å². The number of aryl methyl sites for hydroxylation is 1. The number of aromatic hydroxyl groups is 1. The molecule has 1 aromatic carbocycles. The lowest BCUT2D eigenvalue weighted by atomic mass is 10.0. The first-order valence-corrected chi connectivity index (χ1v) is 13.0. The standard InChI is InChI=1S/C28H33N5O5/c1-17(2)15-32-26-21(11-12-23(34)31-13-14-38-16-22(31)19-7-5-4-6-8-19)18(3)30-33(26)28(37)24(27(32)36)25(35)29-20-9-10-20/h4-8,11-12,17,20,22,37H,9-10,13-16H2,1-3H3,(H,29,35). The minimum atomic E-state index is -0.603. The fourth-order valence-corrected chi connectivity index (χ4v) is 4.85. The molecule has 1 atom stereocenters. The highest BCUT2D eigenvalue weighted by Crippen LogP contribution is 2.27. The molecule has 1 unspecified atom stereocenters. The van der Waals surface area contributed by atoms with Gasteiger partial charge in [-0.15, -0.1) is 0 Å². The molecule has 3 aromatic rings. The van der Waals surface area contributed by atoms with Gasteiger partial charge in [0.15, 0.2) is 5.56 Å². The van der Waals surface area contributed by atoms with Gasteiger partial charge in [0.2, 0.25) is 11.8 Å². The maximum absolute atomic E-state index is 13.5. The van der Waals surface area contributed by atoms with Gasteiger partial charge in [-0.05, 0) is 37.3 Å². The fourth-order valence-electron chi connectivity index (χ4n) is 4.85. The summed E-state index contributed by atoms with van der Waals surface area (Å²) >= 11 is 0. The minimum absolute atomic E-state index is 0.0271. The van der Waals surface area contributed by atoms with Crippen LogP contribution in [0.5, 0.6) is 5.88 Å². The van der Waals surface area contributed by atoms with Gasteiger partial charge >= 0.3 is 0 Å². The Morgan fingerprint density at radius 3 is 2.66 bits per heavy atom. The molecule has 0 spiro atoms. The van der Waals surface area contributed by atoms with Crippen LogP contribution in [0.4, 0.5) is 0 Å². The summed E-state index contributed by atoms with van der Waals surface area (Å²) in [6, 6.07) is 9.57. The zero-order valence-corrected chi connectivity index (χ0v) is 21.9. The van der Waals surface area contributed by atoms with E-state index in [1.165, 1.54) is 15.2 Å². The summed E-state index contributed by atoms with van der Waals surface area (Å²) in [5.74, 6) is -1.22. The monoisotopic (exact) mass is 519 g/mol. The van der Waals surface area contributed by atoms with Crippen molar-refractivity contribution in [2.45, 2.75) is 52.2 Å². The smallest absolute Gasteiger partial charge is 0.270 e. The summed E-state index contributed by atoms with van der Waals surface area (Å²) < 4.78 is 8.35. The molecule has 2 aliphatic rings. The van der Waals surface area contributed by atoms with Gasteiger partial charge in [0.05, 0.1) is 24.9 Å². The van der Waals surface area contributed by atoms with E-state index in [2.05, 4.69) is 10.4 Å². The van der Waals surface area contributed by atoms with E-state index in [-0.39, 0.29) is 29.5 Å². The topological polar surface area (TPSA) is 118 Å². The quantitative estimate of drug-likeness (QED) is 0.464. The second-order valence-corrected chi connectivity index (χ2v) is 10.4. The molecule has 0 bridgehead atoms. The zero-order valence-electron chi connectivity index (χ0n) is 21.9. The van der Waals surface area contributed by atoms with Crippen molar-refractivity contribution in [3.8, 4) is 5.88 Å². The van der Waals surface area contributed by atoms with Crippen molar-refractivity contribution < 1.29 is 19.4 Å². The second kappa shape index (κ2) is 10.4. The molecule has 10 nitrogen and oxygen atoms in total. The minimum Gasteiger partial charge on any atom is -0.492 e. The van der Waals surface area contributed by atoms with Crippen LogP contribution in [0.3, 0.4) is 0 Å². The Kier molecular flexibility index (Phi) is 7.07. The molecule has 200 valence electrons. The van der Waals surface area contributed by atoms with Crippen LogP contribution in [0.2, 0.25) is 0 Å². The van der Waals surface area contributed by atoms with Gasteiger partial charge in [-0.1, -0.05) is 44.2 Å². The lowest BCUT2D eigenvalue weighted by molar-refractivity contribution is -0.134. The first kappa shape index (κ1) is 25.7. The molecule has 2 fully saturated rings. The molecule has 3 heterocycles. The number of morpholine rings is 1. The molecule has 1 aliphatic heterocycles. The SMILES string of the molecule is Cc1nn2c(O)c(C(=O)NC3CC3)c(=O)n(CC(C)C)c2c1C=CC(=O)N1CCOCC1c1ccccc1. The summed E-state index contributed by atoms with van der Waals surface area (Å²) in [4.78, 5) is 41.5. The number of hydrogen-bond acceptors (Lipinski definition) is 6. The van der Waals surface area contributed by atoms with Crippen molar-refractivity contribution in [3.63, 3.8) is 0 Å². The molecule has 1 aliphatic carbocycles. The summed E-state index contributed by atoms with van der Waals surface area (Å²) in [6.45, 7) is 7.29. The maximum atomic E-state index is 13.5. The summed E-state index contributed by atoms with van der Waals surface area (Å²) in [5.41, 5.74) is 1.48. The van der Waals surface area contributed by atoms with Gasteiger partial charge in [-0.2, -0.15) is 9.61 Å². The molecule has 38 heavy (non-hydrogen) atoms. The number of fused-ring (bicyclic) bond motifs is 1. The van der Waals surface area contributed by atoms with Crippen LogP contribution >= 0.6 is 0 Å². The number of amides is 2. The highest BCUT2D eigenvalue weighted by atomic mass is 16.5. The van der Waals surface area contributed by atoms with Crippen LogP contribution in [0.25, 0.3) is 11.7 Å². The van der Waals surface area contributed by atoms with Crippen molar-refractivity contribution in [2.24, 2.45) is 5.92 Å². The number of benzene rings is 1. The van der Waals surface area contributed by atoms with Crippen LogP contribution in [0.1, 0.15) is 59.9 Å². The average molecular weight is 520 g/mol. The van der Waals surface area contributed by atoms with E-state index in [1.54, 1.807) is 17.9 Å². The molecule has 1 saturated heterocycles. The Labute approximate surface area is 220 Å². The Morgan fingerprint density at radius 1 is 1.24 bits per heavy atom. The number of ether oxygens (including phenoxy) is 1. The van der Waals surface area contributed by atoms with E-state index in [0.29, 0.717) is 43.2 Å². The van der Waals surface area contributed by atoms with Crippen molar-refractivity contribution in [3.05, 3.63) is 69.1 Å². The van der Waals surface area contributed by atoms with Crippen LogP contribution in [-0.4, -0.2) is 61.8 Å². The van der Waals surface area contributed by atoms with E-state index in [9.17, 15) is 19.5 Å². The van der Waals surface area contributed by atoms with Gasteiger partial charge in [-0.25, -0.2) is 0 Å². The first-order chi connectivity index (χ1) is 18.3. The average Bonchev–Trinajstić information content (AvgIpc) is 3.65. The van der Waals surface area contributed by atoms with Crippen molar-refractivity contribution >= 4 is 23.5 Å². The van der Waals surface area contributed by atoms with E-state index < -0.39 is 17.3 Å². The predicted molar refractivity (Wildman–Crippen MR) is 142 cm³/mol. The van der Waals surface area contributed by atoms with E-state index in [4.69, 9.17) is 4.74 Å². The molecule has 2 N–H and O–H groups in total. The molecule has 2 aromatic heterocycles. The van der Waals surface area contributed by atoms with Crippen LogP contribution < -0.4 is 10.9 Å². The molecule has 2 amide bonds. The van der Waals surface area contributed by atoms with Crippen molar-refractivity contribution in [2.75, 3.05) is 19.8 Å². The predicted octanol–water partition coefficient (Wildman–Crippen LogP) is 2.67. The van der Waals surface area contributed by atoms with Gasteiger partial charge in [0.25, 0.3) is 11.5 Å². The van der Waals surface area contributed by atoms with Crippen LogP contribution in [0, 0.1) is 12.8 Å². The van der Waals surface area contributed by atoms with Crippen molar-refractivity contribution in [1.29, 1.82) is 0 Å². The third-order valence-electron chi connectivity index (χ3n) is 6.90. The lowest BCUT2D eigenvalue weighted by Crippen LogP contribution is -2.42. The number of nitrogens with one attached hydrogen (secondary N) is 1. The third kappa shape index (κ3) is 4.96. The number of carbonyl (C=O) groups is 2. The normalized spacial score (nSPS) is 18.0. The van der Waals surface area contributed by atoms with E-state index in [0.717, 1.165) is 18.4 Å². The number of hydrogen-bond donors (Lipinski definition) is 2. The Hall–Kier alpha value is -3.92. The molecular weight excluding hydrogens is 486 g/mol. The maximum Gasteiger partial charge on any atom is 0.270 e. The van der Waals surface area contributed by atoms with Gasteiger partial charge in [0, 0.05) is 30.8 Å². The van der Waals surface area contributed by atoms with Crippen molar-refractivity contribution in [1.82, 2.24) is 24.4 Å². The number of nitrogens with zero attached hydrogens (tertiary/aromatic N) is 4. The third-order valence-corrected chi connectivity index (χ3v) is 6.90. The molecule has 0 radical (unpaired) electrons. The second-order valence-electron chi connectivity index (χ2n) is 10.4. The number of rotatable bonds is 7. The summed E-state index contributed by atoms with van der Waals surface area (Å²) in [6.07, 6.45) is 4.82. The number of aromatic nitrogens is 3. The molecular formula is C28H33N5O5. The van der Waals surface area contributed by atoms with Crippen LogP contribution in [0.15, 0.2) is 41.2 Å². The van der Waals surface area contributed by atoms with Crippen LogP contribution in [-0.2, 0) is 16.1 Å². The first-order valence-electron chi connectivity index (χ1n) is 13.0. The Bertz CT molecular complexity index is 1450. The number of carbonyl (C=O) groups excluding carboxylic acids is 2. The highest BCUT2D eigenvalue weighted by Gasteiger charge is 2.31. The lowest BCUT2D eigenvalue weighted by Gasteiger charge is -2.35. The zero-order chi connectivity index (χ0) is 27.0. The summed E-state index contributed by atoms with van der Waals surface area (Å²) in [5, 5.41) is 18.2. The van der Waals surface area contributed by atoms with Gasteiger partial charge in [0.1, 0.15) is 5.65 Å². The Morgan fingerprint density at radius 2 is 1.97 bits per heavy atom. The molecule has 1 saturated carbocycles. The summed E-state index contributed by atoms with van der Waals surface area (Å²) in [7, 11) is 0. The van der Waals surface area contributed by atoms with Gasteiger partial charge < -0.3 is 20.1 Å². The molecule has 5 rings (SSSR count). The highest BCUT2D eigenvalue weighted by molar-refractivity contribution is 5.97. The molecule has 10 heteroatoms. The van der Waals surface area contributed by atoms with E-state index >= 15 is 0 Å². The Balaban J connectivity index is 1.54. The fraction of sp³-hybridized carbons (Fsp3) is 0.429.